The van der Waals surface area contributed by atoms with Gasteiger partial charge < -0.3 is 15.2 Å². The van der Waals surface area contributed by atoms with E-state index >= 15 is 0 Å². The minimum absolute atomic E-state index is 0.496. The number of aliphatic carboxylic acids is 1. The molecule has 114 valence electrons. The lowest BCUT2D eigenvalue weighted by Gasteiger charge is -2.52. The molecule has 1 amide bonds. The van der Waals surface area contributed by atoms with Crippen LogP contribution in [0.15, 0.2) is 0 Å². The number of ether oxygens (including phenoxy) is 1. The number of alkyl carbamates (subject to hydrolysis) is 1. The molecule has 2 aliphatic rings. The lowest BCUT2D eigenvalue weighted by atomic mass is 9.57. The highest BCUT2D eigenvalue weighted by Crippen LogP contribution is 2.55. The molecule has 0 aromatic heterocycles. The maximum absolute atomic E-state index is 12.1. The van der Waals surface area contributed by atoms with Crippen molar-refractivity contribution < 1.29 is 19.4 Å². The fourth-order valence-electron chi connectivity index (χ4n) is 3.63. The third-order valence-electron chi connectivity index (χ3n) is 4.73. The zero-order chi connectivity index (χ0) is 15.0. The van der Waals surface area contributed by atoms with Crippen molar-refractivity contribution in [3.63, 3.8) is 0 Å². The summed E-state index contributed by atoms with van der Waals surface area (Å²) in [7, 11) is 0. The molecule has 2 N–H and O–H groups in total. The summed E-state index contributed by atoms with van der Waals surface area (Å²) in [5.74, 6) is -0.772. The molecule has 0 atom stereocenters. The first kappa shape index (κ1) is 15.1. The van der Waals surface area contributed by atoms with Crippen LogP contribution in [0.3, 0.4) is 0 Å². The van der Waals surface area contributed by atoms with Crippen molar-refractivity contribution in [2.75, 3.05) is 0 Å². The van der Waals surface area contributed by atoms with Gasteiger partial charge in [0, 0.05) is 0 Å². The smallest absolute Gasteiger partial charge is 0.408 e. The van der Waals surface area contributed by atoms with Crippen molar-refractivity contribution in [1.29, 1.82) is 0 Å². The van der Waals surface area contributed by atoms with Crippen LogP contribution < -0.4 is 5.32 Å². The summed E-state index contributed by atoms with van der Waals surface area (Å²) in [6, 6.07) is 0. The second-order valence-corrected chi connectivity index (χ2v) is 7.16. The zero-order valence-electron chi connectivity index (χ0n) is 12.6. The first-order valence-electron chi connectivity index (χ1n) is 7.45. The first-order chi connectivity index (χ1) is 9.21. The van der Waals surface area contributed by atoms with E-state index in [1.807, 2.05) is 20.8 Å². The Kier molecular flexibility index (Phi) is 3.73. The Balaban J connectivity index is 2.17. The number of carbonyl (C=O) groups is 2. The third kappa shape index (κ3) is 2.50. The van der Waals surface area contributed by atoms with Crippen LogP contribution >= 0.6 is 0 Å². The molecule has 0 radical (unpaired) electrons. The molecule has 0 unspecified atom stereocenters. The van der Waals surface area contributed by atoms with Crippen LogP contribution in [0.1, 0.15) is 65.7 Å². The SMILES string of the molecule is CC(C)(C)OC(=O)NC1(C2(C(=O)O)CCCC2)CCC1. The number of rotatable bonds is 3. The number of hydrogen-bond acceptors (Lipinski definition) is 3. The lowest BCUT2D eigenvalue weighted by molar-refractivity contribution is -0.158. The van der Waals surface area contributed by atoms with E-state index in [1.165, 1.54) is 0 Å². The monoisotopic (exact) mass is 283 g/mol. The van der Waals surface area contributed by atoms with Crippen molar-refractivity contribution in [2.45, 2.75) is 76.9 Å². The molecule has 0 aliphatic heterocycles. The molecule has 0 spiro atoms. The predicted octanol–water partition coefficient (Wildman–Crippen LogP) is 3.08. The van der Waals surface area contributed by atoms with Gasteiger partial charge in [-0.15, -0.1) is 0 Å². The van der Waals surface area contributed by atoms with E-state index in [-0.39, 0.29) is 0 Å². The van der Waals surface area contributed by atoms with Gasteiger partial charge in [0.1, 0.15) is 5.60 Å². The van der Waals surface area contributed by atoms with Gasteiger partial charge in [-0.1, -0.05) is 12.8 Å². The average molecular weight is 283 g/mol. The Labute approximate surface area is 120 Å². The van der Waals surface area contributed by atoms with Crippen LogP contribution in [0, 0.1) is 5.41 Å². The van der Waals surface area contributed by atoms with Crippen molar-refractivity contribution >= 4 is 12.1 Å². The van der Waals surface area contributed by atoms with Crippen molar-refractivity contribution in [1.82, 2.24) is 5.32 Å². The Morgan fingerprint density at radius 1 is 1.05 bits per heavy atom. The van der Waals surface area contributed by atoms with E-state index < -0.39 is 28.6 Å². The van der Waals surface area contributed by atoms with Gasteiger partial charge in [-0.05, 0) is 52.9 Å². The highest BCUT2D eigenvalue weighted by molar-refractivity contribution is 5.79. The molecule has 20 heavy (non-hydrogen) atoms. The van der Waals surface area contributed by atoms with E-state index in [2.05, 4.69) is 5.32 Å². The van der Waals surface area contributed by atoms with Gasteiger partial charge in [0.2, 0.25) is 0 Å². The van der Waals surface area contributed by atoms with E-state index in [1.54, 1.807) is 0 Å². The van der Waals surface area contributed by atoms with Gasteiger partial charge in [-0.3, -0.25) is 4.79 Å². The van der Waals surface area contributed by atoms with E-state index in [0.717, 1.165) is 32.1 Å². The van der Waals surface area contributed by atoms with Crippen molar-refractivity contribution in [3.8, 4) is 0 Å². The third-order valence-corrected chi connectivity index (χ3v) is 4.73. The molecular formula is C15H25NO4. The molecule has 0 saturated heterocycles. The summed E-state index contributed by atoms with van der Waals surface area (Å²) in [6.45, 7) is 5.42. The predicted molar refractivity (Wildman–Crippen MR) is 74.5 cm³/mol. The minimum atomic E-state index is -0.803. The summed E-state index contributed by atoms with van der Waals surface area (Å²) in [5.41, 5.74) is -1.99. The number of amides is 1. The Hall–Kier alpha value is -1.26. The van der Waals surface area contributed by atoms with Gasteiger partial charge >= 0.3 is 12.1 Å². The number of hydrogen-bond donors (Lipinski definition) is 2. The normalized spacial score (nSPS) is 23.8. The van der Waals surface area contributed by atoms with Gasteiger partial charge in [-0.2, -0.15) is 0 Å². The Morgan fingerprint density at radius 3 is 1.95 bits per heavy atom. The summed E-state index contributed by atoms with van der Waals surface area (Å²) < 4.78 is 5.31. The molecule has 0 bridgehead atoms. The maximum atomic E-state index is 12.1. The quantitative estimate of drug-likeness (QED) is 0.834. The van der Waals surface area contributed by atoms with E-state index in [0.29, 0.717) is 12.8 Å². The van der Waals surface area contributed by atoms with Crippen molar-refractivity contribution in [2.24, 2.45) is 5.41 Å². The van der Waals surface area contributed by atoms with Crippen LogP contribution in [0.5, 0.6) is 0 Å². The van der Waals surface area contributed by atoms with E-state index in [9.17, 15) is 14.7 Å². The van der Waals surface area contributed by atoms with Crippen molar-refractivity contribution in [3.05, 3.63) is 0 Å². The molecule has 2 aliphatic carbocycles. The highest BCUT2D eigenvalue weighted by atomic mass is 16.6. The average Bonchev–Trinajstić information content (AvgIpc) is 2.71. The van der Waals surface area contributed by atoms with Gasteiger partial charge in [0.15, 0.2) is 0 Å². The number of carboxylic acids is 1. The van der Waals surface area contributed by atoms with Crippen LogP contribution in [0.2, 0.25) is 0 Å². The van der Waals surface area contributed by atoms with E-state index in [4.69, 9.17) is 4.74 Å². The van der Waals surface area contributed by atoms with Crippen LogP contribution in [0.25, 0.3) is 0 Å². The number of carboxylic acid groups (broad SMARTS) is 1. The summed E-state index contributed by atoms with van der Waals surface area (Å²) in [4.78, 5) is 23.9. The molecule has 5 nitrogen and oxygen atoms in total. The molecule has 2 saturated carbocycles. The summed E-state index contributed by atoms with van der Waals surface area (Å²) in [5, 5.41) is 12.6. The van der Waals surface area contributed by atoms with Gasteiger partial charge in [0.25, 0.3) is 0 Å². The molecular weight excluding hydrogens is 258 g/mol. The largest absolute Gasteiger partial charge is 0.481 e. The number of carbonyl (C=O) groups excluding carboxylic acids is 1. The number of nitrogens with one attached hydrogen (secondary N) is 1. The molecule has 0 aromatic carbocycles. The topological polar surface area (TPSA) is 75.6 Å². The van der Waals surface area contributed by atoms with Gasteiger partial charge in [0.05, 0.1) is 11.0 Å². The van der Waals surface area contributed by atoms with Crippen LogP contribution in [-0.2, 0) is 9.53 Å². The van der Waals surface area contributed by atoms with Gasteiger partial charge in [-0.25, -0.2) is 4.79 Å². The fourth-order valence-corrected chi connectivity index (χ4v) is 3.63. The Morgan fingerprint density at radius 2 is 1.60 bits per heavy atom. The maximum Gasteiger partial charge on any atom is 0.408 e. The Bertz CT molecular complexity index is 401. The second-order valence-electron chi connectivity index (χ2n) is 7.16. The molecule has 0 heterocycles. The minimum Gasteiger partial charge on any atom is -0.481 e. The molecule has 2 rings (SSSR count). The lowest BCUT2D eigenvalue weighted by Crippen LogP contribution is -2.66. The molecule has 0 aromatic rings. The first-order valence-corrected chi connectivity index (χ1v) is 7.45. The van der Waals surface area contributed by atoms with Crippen LogP contribution in [-0.4, -0.2) is 28.3 Å². The second kappa shape index (κ2) is 4.93. The fraction of sp³-hybridized carbons (Fsp3) is 0.867. The molecule has 5 heteroatoms. The summed E-state index contributed by atoms with van der Waals surface area (Å²) in [6.07, 6.45) is 5.08. The highest BCUT2D eigenvalue weighted by Gasteiger charge is 2.61. The van der Waals surface area contributed by atoms with Crippen LogP contribution in [0.4, 0.5) is 4.79 Å². The summed E-state index contributed by atoms with van der Waals surface area (Å²) >= 11 is 0. The zero-order valence-corrected chi connectivity index (χ0v) is 12.6. The standard InChI is InChI=1S/C15H25NO4/c1-13(2,3)20-12(19)16-15(9-6-10-15)14(11(17)18)7-4-5-8-14/h4-10H2,1-3H3,(H,16,19)(H,17,18). The molecule has 2 fully saturated rings.